The van der Waals surface area contributed by atoms with Gasteiger partial charge >= 0.3 is 0 Å². The second kappa shape index (κ2) is 5.50. The monoisotopic (exact) mass is 249 g/mol. The van der Waals surface area contributed by atoms with Crippen molar-refractivity contribution in [3.63, 3.8) is 0 Å². The van der Waals surface area contributed by atoms with E-state index in [9.17, 15) is 0 Å². The summed E-state index contributed by atoms with van der Waals surface area (Å²) < 4.78 is 0. The highest BCUT2D eigenvalue weighted by Crippen LogP contribution is 2.23. The zero-order valence-electron chi connectivity index (χ0n) is 7.65. The van der Waals surface area contributed by atoms with Gasteiger partial charge in [0.05, 0.1) is 17.3 Å². The average molecular weight is 251 g/mol. The minimum absolute atomic E-state index is 0.480. The first-order valence-electron chi connectivity index (χ1n) is 4.08. The second-order valence-corrected chi connectivity index (χ2v) is 4.00. The molecular weight excluding hydrogens is 240 g/mol. The van der Waals surface area contributed by atoms with Gasteiger partial charge in [-0.3, -0.25) is 0 Å². The molecule has 0 atom stereocenters. The Labute approximate surface area is 98.7 Å². The SMILES string of the molecule is Cc1ccc(NCC(Cl)=CCl)c(Cl)c1. The Balaban J connectivity index is 2.68. The van der Waals surface area contributed by atoms with E-state index in [0.29, 0.717) is 16.6 Å². The zero-order valence-corrected chi connectivity index (χ0v) is 9.92. The fourth-order valence-electron chi connectivity index (χ4n) is 0.982. The minimum atomic E-state index is 0.480. The molecule has 0 heterocycles. The summed E-state index contributed by atoms with van der Waals surface area (Å²) in [4.78, 5) is 0. The lowest BCUT2D eigenvalue weighted by atomic mass is 10.2. The van der Waals surface area contributed by atoms with E-state index in [2.05, 4.69) is 5.32 Å². The van der Waals surface area contributed by atoms with Gasteiger partial charge in [0.15, 0.2) is 0 Å². The first-order valence-corrected chi connectivity index (χ1v) is 5.27. The molecule has 76 valence electrons. The third-order valence-electron chi connectivity index (χ3n) is 1.69. The smallest absolute Gasteiger partial charge is 0.0640 e. The van der Waals surface area contributed by atoms with E-state index in [1.807, 2.05) is 25.1 Å². The summed E-state index contributed by atoms with van der Waals surface area (Å²) in [5.74, 6) is 0. The van der Waals surface area contributed by atoms with Crippen LogP contribution in [0.15, 0.2) is 28.8 Å². The van der Waals surface area contributed by atoms with Gasteiger partial charge in [-0.05, 0) is 24.6 Å². The van der Waals surface area contributed by atoms with E-state index in [4.69, 9.17) is 34.8 Å². The van der Waals surface area contributed by atoms with Crippen LogP contribution in [-0.2, 0) is 0 Å². The van der Waals surface area contributed by atoms with Crippen molar-refractivity contribution in [2.75, 3.05) is 11.9 Å². The Morgan fingerprint density at radius 2 is 2.21 bits per heavy atom. The Hall–Kier alpha value is -0.370. The number of nitrogens with one attached hydrogen (secondary N) is 1. The standard InChI is InChI=1S/C10H10Cl3N/c1-7-2-3-10(9(13)4-7)14-6-8(12)5-11/h2-5,14H,6H2,1H3. The molecule has 0 saturated heterocycles. The molecule has 0 unspecified atom stereocenters. The topological polar surface area (TPSA) is 12.0 Å². The van der Waals surface area contributed by atoms with E-state index >= 15 is 0 Å². The molecule has 0 fully saturated rings. The Bertz CT molecular complexity index is 347. The van der Waals surface area contributed by atoms with E-state index in [0.717, 1.165) is 11.3 Å². The van der Waals surface area contributed by atoms with E-state index in [-0.39, 0.29) is 0 Å². The summed E-state index contributed by atoms with van der Waals surface area (Å²) >= 11 is 17.1. The van der Waals surface area contributed by atoms with Crippen LogP contribution in [0.2, 0.25) is 5.02 Å². The largest absolute Gasteiger partial charge is 0.379 e. The van der Waals surface area contributed by atoms with Gasteiger partial charge in [-0.2, -0.15) is 0 Å². The fraction of sp³-hybridized carbons (Fsp3) is 0.200. The van der Waals surface area contributed by atoms with Crippen LogP contribution in [0.1, 0.15) is 5.56 Å². The lowest BCUT2D eigenvalue weighted by Crippen LogP contribution is -2.01. The molecule has 0 aliphatic heterocycles. The molecule has 0 aromatic heterocycles. The molecule has 1 aromatic rings. The quantitative estimate of drug-likeness (QED) is 0.839. The van der Waals surface area contributed by atoms with Crippen LogP contribution < -0.4 is 5.32 Å². The third-order valence-corrected chi connectivity index (χ3v) is 2.62. The molecule has 0 saturated carbocycles. The number of hydrogen-bond acceptors (Lipinski definition) is 1. The Morgan fingerprint density at radius 3 is 2.79 bits per heavy atom. The maximum atomic E-state index is 6.00. The molecule has 1 N–H and O–H groups in total. The molecule has 0 aliphatic rings. The van der Waals surface area contributed by atoms with E-state index in [1.54, 1.807) is 0 Å². The summed E-state index contributed by atoms with van der Waals surface area (Å²) in [6.07, 6.45) is 0. The van der Waals surface area contributed by atoms with Gasteiger partial charge in [-0.25, -0.2) is 0 Å². The summed E-state index contributed by atoms with van der Waals surface area (Å²) in [6, 6.07) is 5.78. The van der Waals surface area contributed by atoms with Crippen LogP contribution in [0, 0.1) is 6.92 Å². The molecule has 0 amide bonds. The zero-order chi connectivity index (χ0) is 10.6. The Morgan fingerprint density at radius 1 is 1.50 bits per heavy atom. The van der Waals surface area contributed by atoms with Gasteiger partial charge in [0, 0.05) is 10.6 Å². The summed E-state index contributed by atoms with van der Waals surface area (Å²) in [7, 11) is 0. The predicted molar refractivity (Wildman–Crippen MR) is 64.5 cm³/mol. The molecule has 14 heavy (non-hydrogen) atoms. The van der Waals surface area contributed by atoms with E-state index < -0.39 is 0 Å². The lowest BCUT2D eigenvalue weighted by molar-refractivity contribution is 1.31. The highest BCUT2D eigenvalue weighted by atomic mass is 35.5. The maximum Gasteiger partial charge on any atom is 0.0640 e. The molecular formula is C10H10Cl3N. The first kappa shape index (κ1) is 11.7. The van der Waals surface area contributed by atoms with Crippen molar-refractivity contribution in [2.24, 2.45) is 0 Å². The summed E-state index contributed by atoms with van der Waals surface area (Å²) in [5.41, 5.74) is 3.31. The third kappa shape index (κ3) is 3.41. The van der Waals surface area contributed by atoms with Crippen molar-refractivity contribution in [1.29, 1.82) is 0 Å². The van der Waals surface area contributed by atoms with Gasteiger partial charge in [-0.1, -0.05) is 40.9 Å². The normalized spacial score (nSPS) is 11.6. The maximum absolute atomic E-state index is 6.00. The number of aryl methyl sites for hydroxylation is 1. The Kier molecular flexibility index (Phi) is 4.59. The number of hydrogen-bond donors (Lipinski definition) is 1. The highest BCUT2D eigenvalue weighted by molar-refractivity contribution is 6.37. The van der Waals surface area contributed by atoms with Crippen molar-refractivity contribution >= 4 is 40.5 Å². The molecule has 0 aliphatic carbocycles. The molecule has 4 heteroatoms. The van der Waals surface area contributed by atoms with Crippen molar-refractivity contribution < 1.29 is 0 Å². The average Bonchev–Trinajstić information content (AvgIpc) is 2.16. The van der Waals surface area contributed by atoms with Crippen LogP contribution in [0.25, 0.3) is 0 Å². The number of benzene rings is 1. The van der Waals surface area contributed by atoms with Gasteiger partial charge in [0.25, 0.3) is 0 Å². The summed E-state index contributed by atoms with van der Waals surface area (Å²) in [6.45, 7) is 2.47. The highest BCUT2D eigenvalue weighted by Gasteiger charge is 1.99. The molecule has 1 aromatic carbocycles. The summed E-state index contributed by atoms with van der Waals surface area (Å²) in [5, 5.41) is 4.30. The molecule has 1 rings (SSSR count). The van der Waals surface area contributed by atoms with Crippen LogP contribution in [0.4, 0.5) is 5.69 Å². The van der Waals surface area contributed by atoms with Crippen LogP contribution in [0.5, 0.6) is 0 Å². The lowest BCUT2D eigenvalue weighted by Gasteiger charge is -2.07. The predicted octanol–water partition coefficient (Wildman–Crippen LogP) is 4.38. The molecule has 0 bridgehead atoms. The van der Waals surface area contributed by atoms with E-state index in [1.165, 1.54) is 5.54 Å². The number of anilines is 1. The van der Waals surface area contributed by atoms with Crippen molar-refractivity contribution in [3.05, 3.63) is 39.4 Å². The molecule has 0 radical (unpaired) electrons. The number of halogens is 3. The van der Waals surface area contributed by atoms with Crippen LogP contribution in [0.3, 0.4) is 0 Å². The first-order chi connectivity index (χ1) is 6.63. The fourth-order valence-corrected chi connectivity index (χ4v) is 1.43. The van der Waals surface area contributed by atoms with Crippen molar-refractivity contribution in [3.8, 4) is 0 Å². The minimum Gasteiger partial charge on any atom is -0.379 e. The number of rotatable bonds is 3. The van der Waals surface area contributed by atoms with Crippen LogP contribution in [-0.4, -0.2) is 6.54 Å². The molecule has 0 spiro atoms. The van der Waals surface area contributed by atoms with Gasteiger partial charge < -0.3 is 5.32 Å². The van der Waals surface area contributed by atoms with Gasteiger partial charge in [0.1, 0.15) is 0 Å². The molecule has 1 nitrogen and oxygen atoms in total. The van der Waals surface area contributed by atoms with Gasteiger partial charge in [0.2, 0.25) is 0 Å². The van der Waals surface area contributed by atoms with Crippen molar-refractivity contribution in [2.45, 2.75) is 6.92 Å². The second-order valence-electron chi connectivity index (χ2n) is 2.89. The van der Waals surface area contributed by atoms with Gasteiger partial charge in [-0.15, -0.1) is 0 Å². The van der Waals surface area contributed by atoms with Crippen molar-refractivity contribution in [1.82, 2.24) is 0 Å². The van der Waals surface area contributed by atoms with Crippen LogP contribution >= 0.6 is 34.8 Å².